The maximum absolute atomic E-state index is 12.5. The standard InChI is InChI=1S/C23H24N2OS/c1-2-3-9-21-24-23-22(20(26)14-15-27-23)25(21)16-17-10-12-19(13-11-17)18-7-5-4-6-8-18/h4-8,10-13H,2-3,9,14-16H2,1H3. The number of ketones is 1. The van der Waals surface area contributed by atoms with Crippen LogP contribution in [-0.4, -0.2) is 21.1 Å². The first kappa shape index (κ1) is 18.1. The Balaban J connectivity index is 1.63. The number of Topliss-reactive ketones (excluding diaryl/α,β-unsaturated/α-hetero) is 1. The minimum absolute atomic E-state index is 0.236. The van der Waals surface area contributed by atoms with Crippen LogP contribution in [0, 0.1) is 0 Å². The van der Waals surface area contributed by atoms with Crippen LogP contribution in [0.1, 0.15) is 48.1 Å². The number of nitrogens with zero attached hydrogens (tertiary/aromatic N) is 2. The van der Waals surface area contributed by atoms with E-state index in [1.54, 1.807) is 11.8 Å². The summed E-state index contributed by atoms with van der Waals surface area (Å²) in [5, 5.41) is 0.929. The van der Waals surface area contributed by atoms with E-state index in [1.165, 1.54) is 16.7 Å². The molecular formula is C23H24N2OS. The number of rotatable bonds is 6. The number of imidazole rings is 1. The molecule has 138 valence electrons. The summed E-state index contributed by atoms with van der Waals surface area (Å²) in [4.78, 5) is 17.4. The zero-order valence-electron chi connectivity index (χ0n) is 15.6. The van der Waals surface area contributed by atoms with Crippen LogP contribution in [0.25, 0.3) is 11.1 Å². The molecule has 0 bridgehead atoms. The maximum Gasteiger partial charge on any atom is 0.182 e. The van der Waals surface area contributed by atoms with Crippen LogP contribution < -0.4 is 0 Å². The molecule has 4 rings (SSSR count). The van der Waals surface area contributed by atoms with Gasteiger partial charge in [0.2, 0.25) is 0 Å². The number of carbonyl (C=O) groups is 1. The van der Waals surface area contributed by atoms with E-state index in [1.807, 2.05) is 6.07 Å². The van der Waals surface area contributed by atoms with Crippen molar-refractivity contribution in [3.63, 3.8) is 0 Å². The maximum atomic E-state index is 12.5. The third-order valence-electron chi connectivity index (χ3n) is 5.00. The molecule has 1 aliphatic heterocycles. The molecule has 0 amide bonds. The number of unbranched alkanes of at least 4 members (excludes halogenated alkanes) is 1. The van der Waals surface area contributed by atoms with Gasteiger partial charge in [0, 0.05) is 25.1 Å². The lowest BCUT2D eigenvalue weighted by Crippen LogP contribution is -2.16. The zero-order valence-corrected chi connectivity index (χ0v) is 16.5. The van der Waals surface area contributed by atoms with Gasteiger partial charge >= 0.3 is 0 Å². The molecule has 4 heteroatoms. The van der Waals surface area contributed by atoms with Crippen molar-refractivity contribution >= 4 is 17.5 Å². The molecule has 1 aromatic heterocycles. The van der Waals surface area contributed by atoms with Gasteiger partial charge in [-0.25, -0.2) is 4.98 Å². The fourth-order valence-corrected chi connectivity index (χ4v) is 4.53. The summed E-state index contributed by atoms with van der Waals surface area (Å²) in [5.74, 6) is 2.14. The highest BCUT2D eigenvalue weighted by Gasteiger charge is 2.26. The lowest BCUT2D eigenvalue weighted by Gasteiger charge is -2.14. The molecule has 3 nitrogen and oxygen atoms in total. The molecule has 27 heavy (non-hydrogen) atoms. The van der Waals surface area contributed by atoms with Gasteiger partial charge in [-0.2, -0.15) is 0 Å². The fraction of sp³-hybridized carbons (Fsp3) is 0.304. The van der Waals surface area contributed by atoms with Crippen LogP contribution in [0.5, 0.6) is 0 Å². The van der Waals surface area contributed by atoms with Crippen LogP contribution in [-0.2, 0) is 13.0 Å². The molecule has 0 unspecified atom stereocenters. The first-order valence-corrected chi connectivity index (χ1v) is 10.6. The minimum Gasteiger partial charge on any atom is -0.320 e. The summed E-state index contributed by atoms with van der Waals surface area (Å²) in [6.45, 7) is 2.90. The summed E-state index contributed by atoms with van der Waals surface area (Å²) in [6, 6.07) is 19.1. The van der Waals surface area contributed by atoms with Gasteiger partial charge in [0.15, 0.2) is 5.78 Å². The second-order valence-corrected chi connectivity index (χ2v) is 8.04. The molecule has 0 fully saturated rings. The van der Waals surface area contributed by atoms with Gasteiger partial charge in [0.1, 0.15) is 16.5 Å². The second kappa shape index (κ2) is 8.13. The van der Waals surface area contributed by atoms with E-state index < -0.39 is 0 Å². The second-order valence-electron chi connectivity index (χ2n) is 6.96. The van der Waals surface area contributed by atoms with Crippen molar-refractivity contribution in [3.05, 3.63) is 71.7 Å². The summed E-state index contributed by atoms with van der Waals surface area (Å²) in [6.07, 6.45) is 3.77. The zero-order chi connectivity index (χ0) is 18.6. The molecular weight excluding hydrogens is 352 g/mol. The summed E-state index contributed by atoms with van der Waals surface area (Å²) < 4.78 is 2.16. The Morgan fingerprint density at radius 2 is 1.78 bits per heavy atom. The highest BCUT2D eigenvalue weighted by molar-refractivity contribution is 7.99. The molecule has 0 aliphatic carbocycles. The van der Waals surface area contributed by atoms with Crippen molar-refractivity contribution < 1.29 is 4.79 Å². The Morgan fingerprint density at radius 1 is 1.04 bits per heavy atom. The molecule has 3 aromatic rings. The molecule has 0 N–H and O–H groups in total. The summed E-state index contributed by atoms with van der Waals surface area (Å²) in [7, 11) is 0. The van der Waals surface area contributed by atoms with Crippen molar-refractivity contribution in [1.29, 1.82) is 0 Å². The third-order valence-corrected chi connectivity index (χ3v) is 5.97. The molecule has 1 aliphatic rings. The molecule has 0 saturated heterocycles. The first-order valence-electron chi connectivity index (χ1n) is 9.66. The number of fused-ring (bicyclic) bond motifs is 1. The van der Waals surface area contributed by atoms with E-state index in [0.717, 1.165) is 41.6 Å². The van der Waals surface area contributed by atoms with Crippen LogP contribution in [0.2, 0.25) is 0 Å². The first-order chi connectivity index (χ1) is 13.3. The highest BCUT2D eigenvalue weighted by atomic mass is 32.2. The largest absolute Gasteiger partial charge is 0.320 e. The molecule has 2 aromatic carbocycles. The Labute approximate surface area is 164 Å². The number of hydrogen-bond donors (Lipinski definition) is 0. The Hall–Kier alpha value is -2.33. The van der Waals surface area contributed by atoms with E-state index in [4.69, 9.17) is 4.98 Å². The lowest BCUT2D eigenvalue weighted by atomic mass is 10.0. The number of aromatic nitrogens is 2. The van der Waals surface area contributed by atoms with Crippen molar-refractivity contribution in [2.45, 2.75) is 44.2 Å². The van der Waals surface area contributed by atoms with E-state index in [0.29, 0.717) is 13.0 Å². The van der Waals surface area contributed by atoms with Crippen molar-refractivity contribution in [3.8, 4) is 11.1 Å². The summed E-state index contributed by atoms with van der Waals surface area (Å²) in [5.41, 5.74) is 4.46. The normalized spacial score (nSPS) is 13.6. The Bertz CT molecular complexity index is 929. The van der Waals surface area contributed by atoms with Gasteiger partial charge in [-0.05, 0) is 23.1 Å². The Kier molecular flexibility index (Phi) is 5.44. The average Bonchev–Trinajstić information content (AvgIpc) is 3.06. The van der Waals surface area contributed by atoms with Gasteiger partial charge < -0.3 is 4.57 Å². The monoisotopic (exact) mass is 376 g/mol. The minimum atomic E-state index is 0.236. The van der Waals surface area contributed by atoms with Gasteiger partial charge in [0.05, 0.1) is 0 Å². The third kappa shape index (κ3) is 3.86. The molecule has 0 radical (unpaired) electrons. The van der Waals surface area contributed by atoms with Crippen molar-refractivity contribution in [2.24, 2.45) is 0 Å². The van der Waals surface area contributed by atoms with E-state index in [2.05, 4.69) is 60.0 Å². The van der Waals surface area contributed by atoms with Crippen LogP contribution in [0.4, 0.5) is 0 Å². The van der Waals surface area contributed by atoms with Crippen molar-refractivity contribution in [2.75, 3.05) is 5.75 Å². The van der Waals surface area contributed by atoms with Gasteiger partial charge in [0.25, 0.3) is 0 Å². The van der Waals surface area contributed by atoms with Gasteiger partial charge in [-0.3, -0.25) is 4.79 Å². The number of aryl methyl sites for hydroxylation is 1. The highest BCUT2D eigenvalue weighted by Crippen LogP contribution is 2.31. The van der Waals surface area contributed by atoms with Crippen LogP contribution in [0.3, 0.4) is 0 Å². The van der Waals surface area contributed by atoms with Crippen LogP contribution >= 0.6 is 11.8 Å². The van der Waals surface area contributed by atoms with E-state index >= 15 is 0 Å². The predicted octanol–water partition coefficient (Wildman–Crippen LogP) is 5.62. The number of thioether (sulfide) groups is 1. The van der Waals surface area contributed by atoms with Gasteiger partial charge in [-0.15, -0.1) is 11.8 Å². The van der Waals surface area contributed by atoms with E-state index in [9.17, 15) is 4.79 Å². The molecule has 2 heterocycles. The quantitative estimate of drug-likeness (QED) is 0.560. The fourth-order valence-electron chi connectivity index (χ4n) is 3.52. The van der Waals surface area contributed by atoms with Crippen LogP contribution in [0.15, 0.2) is 59.6 Å². The van der Waals surface area contributed by atoms with E-state index in [-0.39, 0.29) is 5.78 Å². The number of hydrogen-bond acceptors (Lipinski definition) is 3. The topological polar surface area (TPSA) is 34.9 Å². The molecule has 0 saturated carbocycles. The number of carbonyl (C=O) groups excluding carboxylic acids is 1. The summed E-state index contributed by atoms with van der Waals surface area (Å²) >= 11 is 1.72. The van der Waals surface area contributed by atoms with Crippen molar-refractivity contribution in [1.82, 2.24) is 9.55 Å². The smallest absolute Gasteiger partial charge is 0.182 e. The van der Waals surface area contributed by atoms with Gasteiger partial charge in [-0.1, -0.05) is 67.9 Å². The lowest BCUT2D eigenvalue weighted by molar-refractivity contribution is 0.0975. The Morgan fingerprint density at radius 3 is 2.52 bits per heavy atom. The average molecular weight is 377 g/mol. The SMILES string of the molecule is CCCCc1nc2c(n1Cc1ccc(-c3ccccc3)cc1)C(=O)CCS2. The predicted molar refractivity (Wildman–Crippen MR) is 111 cm³/mol. The molecule has 0 atom stereocenters. The number of benzene rings is 2. The molecule has 0 spiro atoms.